The van der Waals surface area contributed by atoms with Gasteiger partial charge in [0.05, 0.1) is 17.6 Å². The molecule has 0 aliphatic carbocycles. The minimum atomic E-state index is -0.846. The minimum Gasteiger partial charge on any atom is -0.481 e. The van der Waals surface area contributed by atoms with Crippen molar-refractivity contribution < 1.29 is 9.90 Å². The van der Waals surface area contributed by atoms with Gasteiger partial charge in [-0.2, -0.15) is 0 Å². The minimum absolute atomic E-state index is 0.0163. The third-order valence-electron chi connectivity index (χ3n) is 3.39. The molecule has 0 radical (unpaired) electrons. The van der Waals surface area contributed by atoms with E-state index in [0.717, 1.165) is 31.4 Å². The zero-order chi connectivity index (χ0) is 15.3. The van der Waals surface area contributed by atoms with E-state index in [0.29, 0.717) is 5.02 Å². The number of carboxylic acids is 1. The van der Waals surface area contributed by atoms with E-state index in [1.165, 1.54) is 11.3 Å². The van der Waals surface area contributed by atoms with Crippen LogP contribution in [0, 0.1) is 0 Å². The van der Waals surface area contributed by atoms with Crippen molar-refractivity contribution in [3.63, 3.8) is 0 Å². The van der Waals surface area contributed by atoms with E-state index in [1.807, 2.05) is 40.1 Å². The quantitative estimate of drug-likeness (QED) is 0.590. The van der Waals surface area contributed by atoms with Gasteiger partial charge in [-0.3, -0.25) is 9.20 Å². The van der Waals surface area contributed by atoms with Crippen molar-refractivity contribution in [2.24, 2.45) is 0 Å². The highest BCUT2D eigenvalue weighted by atomic mass is 35.5. The van der Waals surface area contributed by atoms with Gasteiger partial charge in [0.2, 0.25) is 0 Å². The molecule has 4 nitrogen and oxygen atoms in total. The predicted molar refractivity (Wildman–Crippen MR) is 90.2 cm³/mol. The Kier molecular flexibility index (Phi) is 3.18. The maximum atomic E-state index is 11.2. The number of carbonyl (C=O) groups is 1. The first-order chi connectivity index (χ1) is 10.6. The predicted octanol–water partition coefficient (Wildman–Crippen LogP) is 4.56. The first-order valence-corrected chi connectivity index (χ1v) is 8.56. The molecular weight excluding hydrogens is 340 g/mol. The Hall–Kier alpha value is -1.89. The Labute approximate surface area is 138 Å². The number of fused-ring (bicyclic) bond motifs is 3. The SMILES string of the molecule is O=C(O)Cc1sc2nc3sccc3n2c1-c1ccc(Cl)cc1. The number of thiophene rings is 1. The molecule has 3 aromatic heterocycles. The first kappa shape index (κ1) is 13.8. The first-order valence-electron chi connectivity index (χ1n) is 6.48. The largest absolute Gasteiger partial charge is 0.481 e. The van der Waals surface area contributed by atoms with E-state index in [9.17, 15) is 9.90 Å². The van der Waals surface area contributed by atoms with Crippen LogP contribution in [0.1, 0.15) is 4.88 Å². The van der Waals surface area contributed by atoms with Crippen LogP contribution in [0.25, 0.3) is 26.6 Å². The number of hydrogen-bond acceptors (Lipinski definition) is 4. The van der Waals surface area contributed by atoms with Gasteiger partial charge in [0.15, 0.2) is 4.96 Å². The molecule has 0 aliphatic heterocycles. The Morgan fingerprint density at radius 1 is 1.27 bits per heavy atom. The van der Waals surface area contributed by atoms with E-state index in [1.54, 1.807) is 11.3 Å². The van der Waals surface area contributed by atoms with Crippen LogP contribution in [0.4, 0.5) is 0 Å². The maximum Gasteiger partial charge on any atom is 0.308 e. The number of aliphatic carboxylic acids is 1. The monoisotopic (exact) mass is 348 g/mol. The molecule has 0 aliphatic rings. The third-order valence-corrected chi connectivity index (χ3v) is 5.47. The van der Waals surface area contributed by atoms with Gasteiger partial charge in [-0.25, -0.2) is 4.98 Å². The number of carboxylic acid groups (broad SMARTS) is 1. The van der Waals surface area contributed by atoms with E-state index < -0.39 is 5.97 Å². The van der Waals surface area contributed by atoms with Gasteiger partial charge in [0.1, 0.15) is 4.83 Å². The molecule has 0 spiro atoms. The van der Waals surface area contributed by atoms with E-state index >= 15 is 0 Å². The molecule has 0 saturated carbocycles. The summed E-state index contributed by atoms with van der Waals surface area (Å²) >= 11 is 8.97. The second-order valence-corrected chi connectivity index (χ2v) is 7.19. The average Bonchev–Trinajstić information content (AvgIpc) is 3.10. The fraction of sp³-hybridized carbons (Fsp3) is 0.0667. The van der Waals surface area contributed by atoms with Gasteiger partial charge in [0, 0.05) is 9.90 Å². The molecule has 7 heteroatoms. The van der Waals surface area contributed by atoms with E-state index in [-0.39, 0.29) is 6.42 Å². The Morgan fingerprint density at radius 2 is 2.05 bits per heavy atom. The van der Waals surface area contributed by atoms with Gasteiger partial charge in [-0.1, -0.05) is 23.7 Å². The highest BCUT2D eigenvalue weighted by molar-refractivity contribution is 7.19. The van der Waals surface area contributed by atoms with Gasteiger partial charge >= 0.3 is 5.97 Å². The summed E-state index contributed by atoms with van der Waals surface area (Å²) in [5.74, 6) is -0.846. The third kappa shape index (κ3) is 2.11. The van der Waals surface area contributed by atoms with Crippen LogP contribution < -0.4 is 0 Å². The lowest BCUT2D eigenvalue weighted by Crippen LogP contribution is -2.00. The van der Waals surface area contributed by atoms with Crippen molar-refractivity contribution in [2.75, 3.05) is 0 Å². The number of thiazole rings is 1. The summed E-state index contributed by atoms with van der Waals surface area (Å²) in [5, 5.41) is 11.8. The molecule has 1 aromatic carbocycles. The number of aromatic nitrogens is 2. The zero-order valence-corrected chi connectivity index (χ0v) is 13.5. The topological polar surface area (TPSA) is 54.6 Å². The summed E-state index contributed by atoms with van der Waals surface area (Å²) < 4.78 is 2.04. The maximum absolute atomic E-state index is 11.2. The number of halogens is 1. The number of benzene rings is 1. The lowest BCUT2D eigenvalue weighted by molar-refractivity contribution is -0.136. The van der Waals surface area contributed by atoms with Gasteiger partial charge in [0.25, 0.3) is 0 Å². The molecule has 22 heavy (non-hydrogen) atoms. The normalized spacial score (nSPS) is 11.5. The molecule has 1 N–H and O–H groups in total. The summed E-state index contributed by atoms with van der Waals surface area (Å²) in [6.07, 6.45) is -0.0163. The van der Waals surface area contributed by atoms with Crippen LogP contribution in [0.5, 0.6) is 0 Å². The summed E-state index contributed by atoms with van der Waals surface area (Å²) in [6, 6.07) is 9.46. The lowest BCUT2D eigenvalue weighted by atomic mass is 10.1. The molecule has 110 valence electrons. The summed E-state index contributed by atoms with van der Waals surface area (Å²) in [7, 11) is 0. The van der Waals surface area contributed by atoms with Crippen LogP contribution in [-0.4, -0.2) is 20.5 Å². The highest BCUT2D eigenvalue weighted by Crippen LogP contribution is 2.36. The summed E-state index contributed by atoms with van der Waals surface area (Å²) in [5.41, 5.74) is 2.84. The molecule has 0 unspecified atom stereocenters. The van der Waals surface area contributed by atoms with Gasteiger partial charge in [-0.15, -0.1) is 22.7 Å². The molecule has 0 fully saturated rings. The second kappa shape index (κ2) is 5.08. The van der Waals surface area contributed by atoms with Crippen LogP contribution in [-0.2, 0) is 11.2 Å². The molecule has 0 amide bonds. The van der Waals surface area contributed by atoms with Crippen molar-refractivity contribution in [2.45, 2.75) is 6.42 Å². The molecule has 0 atom stereocenters. The van der Waals surface area contributed by atoms with Gasteiger partial charge < -0.3 is 5.11 Å². The molecule has 0 bridgehead atoms. The van der Waals surface area contributed by atoms with Gasteiger partial charge in [-0.05, 0) is 29.1 Å². The highest BCUT2D eigenvalue weighted by Gasteiger charge is 2.20. The zero-order valence-electron chi connectivity index (χ0n) is 11.1. The molecule has 4 rings (SSSR count). The number of nitrogens with zero attached hydrogens (tertiary/aromatic N) is 2. The van der Waals surface area contributed by atoms with Crippen molar-refractivity contribution in [1.29, 1.82) is 0 Å². The smallest absolute Gasteiger partial charge is 0.308 e. The summed E-state index contributed by atoms with van der Waals surface area (Å²) in [4.78, 5) is 18.3. The van der Waals surface area contributed by atoms with Crippen LogP contribution in [0.15, 0.2) is 35.7 Å². The Morgan fingerprint density at radius 3 is 2.77 bits per heavy atom. The van der Waals surface area contributed by atoms with Crippen molar-refractivity contribution in [1.82, 2.24) is 9.38 Å². The number of imidazole rings is 1. The van der Waals surface area contributed by atoms with Crippen LogP contribution >= 0.6 is 34.3 Å². The Balaban J connectivity index is 2.05. The Bertz CT molecular complexity index is 998. The molecule has 0 saturated heterocycles. The van der Waals surface area contributed by atoms with Crippen molar-refractivity contribution >= 4 is 55.6 Å². The summed E-state index contributed by atoms with van der Waals surface area (Å²) in [6.45, 7) is 0. The standard InChI is InChI=1S/C15H9ClN2O2S2/c16-9-3-1-8(2-4-9)13-11(7-12(19)20)22-15-17-14-10(18(13)15)5-6-21-14/h1-6H,7H2,(H,19,20). The van der Waals surface area contributed by atoms with Crippen LogP contribution in [0.3, 0.4) is 0 Å². The molecule has 4 aromatic rings. The molecule has 3 heterocycles. The fourth-order valence-electron chi connectivity index (χ4n) is 2.51. The number of hydrogen-bond donors (Lipinski definition) is 1. The van der Waals surface area contributed by atoms with Crippen molar-refractivity contribution in [3.05, 3.63) is 45.6 Å². The lowest BCUT2D eigenvalue weighted by Gasteiger charge is -2.04. The second-order valence-electron chi connectivity index (χ2n) is 4.79. The fourth-order valence-corrected chi connectivity index (χ4v) is 4.58. The van der Waals surface area contributed by atoms with Crippen LogP contribution in [0.2, 0.25) is 5.02 Å². The van der Waals surface area contributed by atoms with Crippen molar-refractivity contribution in [3.8, 4) is 11.3 Å². The van der Waals surface area contributed by atoms with E-state index in [2.05, 4.69) is 4.98 Å². The molecular formula is C15H9ClN2O2S2. The average molecular weight is 349 g/mol. The van der Waals surface area contributed by atoms with E-state index in [4.69, 9.17) is 11.6 Å². The number of rotatable bonds is 3.